The molecule has 1 aliphatic heterocycles. The molecule has 1 N–H and O–H groups in total. The van der Waals surface area contributed by atoms with E-state index in [0.717, 1.165) is 0 Å². The van der Waals surface area contributed by atoms with Gasteiger partial charge in [0.05, 0.1) is 10.7 Å². The lowest BCUT2D eigenvalue weighted by Gasteiger charge is -2.17. The number of nitrogens with one attached hydrogen (secondary N) is 1. The SMILES string of the molecule is O=C(COc1ccc(Cl)cc1Cl)Nc1ccc(N2CCCC2=O)c(F)c1. The molecule has 0 atom stereocenters. The Bertz CT molecular complexity index is 860. The van der Waals surface area contributed by atoms with E-state index in [0.29, 0.717) is 30.2 Å². The summed E-state index contributed by atoms with van der Waals surface area (Å²) < 4.78 is 19.6. The summed E-state index contributed by atoms with van der Waals surface area (Å²) in [6.45, 7) is 0.201. The average Bonchev–Trinajstić information content (AvgIpc) is 3.00. The first kappa shape index (κ1) is 18.5. The Morgan fingerprint density at radius 2 is 2.04 bits per heavy atom. The fraction of sp³-hybridized carbons (Fsp3) is 0.222. The molecule has 0 saturated carbocycles. The van der Waals surface area contributed by atoms with Crippen LogP contribution in [0.3, 0.4) is 0 Å². The second-order valence-electron chi connectivity index (χ2n) is 5.73. The second kappa shape index (κ2) is 7.93. The summed E-state index contributed by atoms with van der Waals surface area (Å²) in [4.78, 5) is 25.1. The summed E-state index contributed by atoms with van der Waals surface area (Å²) in [5.74, 6) is -0.825. The second-order valence-corrected chi connectivity index (χ2v) is 6.57. The molecule has 2 amide bonds. The molecule has 0 unspecified atom stereocenters. The third-order valence-electron chi connectivity index (χ3n) is 3.85. The molecule has 0 bridgehead atoms. The van der Waals surface area contributed by atoms with Crippen molar-refractivity contribution in [3.8, 4) is 5.75 Å². The highest BCUT2D eigenvalue weighted by atomic mass is 35.5. The van der Waals surface area contributed by atoms with Gasteiger partial charge in [-0.15, -0.1) is 0 Å². The molecule has 1 fully saturated rings. The Hall–Kier alpha value is -2.31. The van der Waals surface area contributed by atoms with Crippen LogP contribution in [-0.4, -0.2) is 25.0 Å². The predicted octanol–water partition coefficient (Wildman–Crippen LogP) is 4.28. The van der Waals surface area contributed by atoms with Gasteiger partial charge in [-0.25, -0.2) is 4.39 Å². The standard InChI is InChI=1S/C18H15Cl2FN2O3/c19-11-3-6-16(13(20)8-11)26-10-17(24)22-12-4-5-15(14(21)9-12)23-7-1-2-18(23)25/h3-6,8-9H,1-2,7,10H2,(H,22,24). The Kier molecular flexibility index (Phi) is 5.64. The molecule has 1 saturated heterocycles. The number of nitrogens with zero attached hydrogens (tertiary/aromatic N) is 1. The largest absolute Gasteiger partial charge is 0.482 e. The van der Waals surface area contributed by atoms with Gasteiger partial charge in [0.2, 0.25) is 5.91 Å². The summed E-state index contributed by atoms with van der Waals surface area (Å²) in [5, 5.41) is 3.28. The van der Waals surface area contributed by atoms with E-state index in [1.54, 1.807) is 12.1 Å². The molecular weight excluding hydrogens is 382 g/mol. The number of anilines is 2. The highest BCUT2D eigenvalue weighted by molar-refractivity contribution is 6.35. The number of halogens is 3. The third kappa shape index (κ3) is 4.26. The van der Waals surface area contributed by atoms with Gasteiger partial charge in [0, 0.05) is 23.7 Å². The summed E-state index contributed by atoms with van der Waals surface area (Å²) in [7, 11) is 0. The molecule has 0 spiro atoms. The van der Waals surface area contributed by atoms with Crippen molar-refractivity contribution in [2.24, 2.45) is 0 Å². The first-order valence-electron chi connectivity index (χ1n) is 7.91. The van der Waals surface area contributed by atoms with Gasteiger partial charge in [0.25, 0.3) is 5.91 Å². The molecule has 3 rings (SSSR count). The highest BCUT2D eigenvalue weighted by Gasteiger charge is 2.24. The minimum Gasteiger partial charge on any atom is -0.482 e. The number of hydrogen-bond acceptors (Lipinski definition) is 3. The van der Waals surface area contributed by atoms with Gasteiger partial charge in [-0.1, -0.05) is 23.2 Å². The molecule has 136 valence electrons. The molecule has 0 aliphatic carbocycles. The van der Waals surface area contributed by atoms with Crippen molar-refractivity contribution in [1.29, 1.82) is 0 Å². The molecule has 8 heteroatoms. The third-order valence-corrected chi connectivity index (χ3v) is 4.38. The number of carbonyl (C=O) groups is 2. The zero-order valence-corrected chi connectivity index (χ0v) is 15.1. The maximum absolute atomic E-state index is 14.3. The van der Waals surface area contributed by atoms with Crippen LogP contribution >= 0.6 is 23.2 Å². The van der Waals surface area contributed by atoms with Crippen molar-refractivity contribution in [3.05, 3.63) is 52.3 Å². The van der Waals surface area contributed by atoms with Gasteiger partial charge in [-0.3, -0.25) is 9.59 Å². The van der Waals surface area contributed by atoms with Crippen molar-refractivity contribution >= 4 is 46.4 Å². The Labute approximate surface area is 159 Å². The van der Waals surface area contributed by atoms with E-state index >= 15 is 0 Å². The van der Waals surface area contributed by atoms with Crippen LogP contribution in [0, 0.1) is 5.82 Å². The fourth-order valence-corrected chi connectivity index (χ4v) is 3.10. The van der Waals surface area contributed by atoms with Gasteiger partial charge in [0.1, 0.15) is 11.6 Å². The van der Waals surface area contributed by atoms with Crippen LogP contribution in [0.2, 0.25) is 10.0 Å². The van der Waals surface area contributed by atoms with Crippen molar-refractivity contribution in [3.63, 3.8) is 0 Å². The zero-order chi connectivity index (χ0) is 18.7. The van der Waals surface area contributed by atoms with Crippen molar-refractivity contribution in [2.45, 2.75) is 12.8 Å². The lowest BCUT2D eigenvalue weighted by Crippen LogP contribution is -2.25. The number of carbonyl (C=O) groups excluding carboxylic acids is 2. The summed E-state index contributed by atoms with van der Waals surface area (Å²) in [6, 6.07) is 8.84. The van der Waals surface area contributed by atoms with E-state index in [-0.39, 0.29) is 28.9 Å². The lowest BCUT2D eigenvalue weighted by atomic mass is 10.2. The zero-order valence-electron chi connectivity index (χ0n) is 13.6. The van der Waals surface area contributed by atoms with Gasteiger partial charge in [-0.2, -0.15) is 0 Å². The van der Waals surface area contributed by atoms with Gasteiger partial charge in [-0.05, 0) is 42.8 Å². The number of ether oxygens (including phenoxy) is 1. The minimum atomic E-state index is -0.570. The number of hydrogen-bond donors (Lipinski definition) is 1. The molecule has 1 aliphatic rings. The molecule has 5 nitrogen and oxygen atoms in total. The smallest absolute Gasteiger partial charge is 0.262 e. The Balaban J connectivity index is 1.60. The van der Waals surface area contributed by atoms with Gasteiger partial charge in [0.15, 0.2) is 6.61 Å². The topological polar surface area (TPSA) is 58.6 Å². The van der Waals surface area contributed by atoms with Gasteiger partial charge < -0.3 is 15.0 Å². The van der Waals surface area contributed by atoms with Gasteiger partial charge >= 0.3 is 0 Å². The van der Waals surface area contributed by atoms with E-state index in [1.165, 1.54) is 29.2 Å². The Morgan fingerprint density at radius 3 is 2.69 bits per heavy atom. The summed E-state index contributed by atoms with van der Waals surface area (Å²) >= 11 is 11.8. The minimum absolute atomic E-state index is 0.103. The van der Waals surface area contributed by atoms with Crippen molar-refractivity contribution < 1.29 is 18.7 Å². The molecule has 2 aromatic rings. The van der Waals surface area contributed by atoms with E-state index in [2.05, 4.69) is 5.32 Å². The lowest BCUT2D eigenvalue weighted by molar-refractivity contribution is -0.118. The van der Waals surface area contributed by atoms with E-state index < -0.39 is 11.7 Å². The molecule has 0 radical (unpaired) electrons. The van der Waals surface area contributed by atoms with E-state index in [1.807, 2.05) is 0 Å². The monoisotopic (exact) mass is 396 g/mol. The van der Waals surface area contributed by atoms with Crippen LogP contribution in [0.5, 0.6) is 5.75 Å². The van der Waals surface area contributed by atoms with Crippen LogP contribution < -0.4 is 15.0 Å². The number of benzene rings is 2. The highest BCUT2D eigenvalue weighted by Crippen LogP contribution is 2.28. The first-order valence-corrected chi connectivity index (χ1v) is 8.67. The first-order chi connectivity index (χ1) is 12.4. The summed E-state index contributed by atoms with van der Waals surface area (Å²) in [6.07, 6.45) is 1.13. The normalized spacial score (nSPS) is 13.8. The van der Waals surface area contributed by atoms with Crippen LogP contribution in [0.25, 0.3) is 0 Å². The van der Waals surface area contributed by atoms with Crippen LogP contribution in [0.15, 0.2) is 36.4 Å². The van der Waals surface area contributed by atoms with E-state index in [4.69, 9.17) is 27.9 Å². The van der Waals surface area contributed by atoms with Crippen LogP contribution in [0.1, 0.15) is 12.8 Å². The number of rotatable bonds is 5. The van der Waals surface area contributed by atoms with E-state index in [9.17, 15) is 14.0 Å². The van der Waals surface area contributed by atoms with Crippen molar-refractivity contribution in [1.82, 2.24) is 0 Å². The quantitative estimate of drug-likeness (QED) is 0.820. The van der Waals surface area contributed by atoms with Crippen LogP contribution in [-0.2, 0) is 9.59 Å². The van der Waals surface area contributed by atoms with Crippen LogP contribution in [0.4, 0.5) is 15.8 Å². The number of amides is 2. The molecular formula is C18H15Cl2FN2O3. The summed E-state index contributed by atoms with van der Waals surface area (Å²) in [5.41, 5.74) is 0.489. The molecule has 26 heavy (non-hydrogen) atoms. The fourth-order valence-electron chi connectivity index (χ4n) is 2.64. The average molecular weight is 397 g/mol. The molecule has 2 aromatic carbocycles. The Morgan fingerprint density at radius 1 is 1.23 bits per heavy atom. The maximum Gasteiger partial charge on any atom is 0.262 e. The van der Waals surface area contributed by atoms with Crippen molar-refractivity contribution in [2.75, 3.05) is 23.4 Å². The maximum atomic E-state index is 14.3. The molecule has 0 aromatic heterocycles. The molecule has 1 heterocycles. The predicted molar refractivity (Wildman–Crippen MR) is 98.6 cm³/mol.